The molecule has 0 amide bonds. The molecule has 2 fully saturated rings. The average Bonchev–Trinajstić information content (AvgIpc) is 2.93. The van der Waals surface area contributed by atoms with Crippen LogP contribution in [0.2, 0.25) is 0 Å². The van der Waals surface area contributed by atoms with Crippen LogP contribution in [0.1, 0.15) is 30.4 Å². The quantitative estimate of drug-likeness (QED) is 0.881. The first-order valence-electron chi connectivity index (χ1n) is 7.51. The number of thioether (sulfide) groups is 1. The third-order valence-electron chi connectivity index (χ3n) is 4.37. The lowest BCUT2D eigenvalue weighted by Gasteiger charge is -2.38. The zero-order valence-electron chi connectivity index (χ0n) is 12.4. The number of ether oxygens (including phenoxy) is 1. The van der Waals surface area contributed by atoms with Crippen molar-refractivity contribution >= 4 is 17.4 Å². The minimum atomic E-state index is -4.44. The Hall–Kier alpha value is -1.39. The molecular formula is C16H17F3N2OS. The fraction of sp³-hybridized carbons (Fsp3) is 0.562. The highest BCUT2D eigenvalue weighted by atomic mass is 32.2. The molecule has 1 aromatic rings. The maximum Gasteiger partial charge on any atom is 0.418 e. The lowest BCUT2D eigenvalue weighted by atomic mass is 9.89. The Labute approximate surface area is 137 Å². The molecule has 2 saturated heterocycles. The zero-order chi connectivity index (χ0) is 16.5. The summed E-state index contributed by atoms with van der Waals surface area (Å²) in [4.78, 5) is 0. The molecule has 1 N–H and O–H groups in total. The fourth-order valence-corrected chi connectivity index (χ4v) is 4.59. The van der Waals surface area contributed by atoms with Crippen molar-refractivity contribution in [2.75, 3.05) is 23.4 Å². The van der Waals surface area contributed by atoms with Gasteiger partial charge in [-0.1, -0.05) is 0 Å². The first kappa shape index (κ1) is 16.5. The van der Waals surface area contributed by atoms with Crippen LogP contribution < -0.4 is 5.32 Å². The van der Waals surface area contributed by atoms with Gasteiger partial charge < -0.3 is 10.1 Å². The highest BCUT2D eigenvalue weighted by molar-refractivity contribution is 7.99. The van der Waals surface area contributed by atoms with Crippen LogP contribution >= 0.6 is 11.8 Å². The summed E-state index contributed by atoms with van der Waals surface area (Å²) >= 11 is 1.83. The SMILES string of the molecule is N#Cc1ccc(C(F)(F)F)c(N[C@H]2CCO[C@@]3(CCSC3)C2)c1. The third kappa shape index (κ3) is 3.59. The van der Waals surface area contributed by atoms with Gasteiger partial charge in [0, 0.05) is 24.1 Å². The topological polar surface area (TPSA) is 45.0 Å². The molecule has 7 heteroatoms. The molecule has 0 saturated carbocycles. The summed E-state index contributed by atoms with van der Waals surface area (Å²) in [6.07, 6.45) is -2.13. The molecule has 23 heavy (non-hydrogen) atoms. The Morgan fingerprint density at radius 3 is 2.87 bits per heavy atom. The number of nitriles is 1. The van der Waals surface area contributed by atoms with Crippen LogP contribution in [0.4, 0.5) is 18.9 Å². The van der Waals surface area contributed by atoms with Crippen LogP contribution in [-0.4, -0.2) is 29.8 Å². The number of nitrogens with one attached hydrogen (secondary N) is 1. The second kappa shape index (κ2) is 6.25. The van der Waals surface area contributed by atoms with E-state index in [1.54, 1.807) is 0 Å². The van der Waals surface area contributed by atoms with E-state index in [2.05, 4.69) is 5.32 Å². The minimum absolute atomic E-state index is 0.00995. The molecule has 2 aliphatic heterocycles. The van der Waals surface area contributed by atoms with Gasteiger partial charge in [0.2, 0.25) is 0 Å². The van der Waals surface area contributed by atoms with Crippen LogP contribution in [0.25, 0.3) is 0 Å². The van der Waals surface area contributed by atoms with E-state index in [-0.39, 0.29) is 22.9 Å². The average molecular weight is 342 g/mol. The van der Waals surface area contributed by atoms with Crippen molar-refractivity contribution in [2.45, 2.75) is 37.1 Å². The van der Waals surface area contributed by atoms with Gasteiger partial charge in [0.25, 0.3) is 0 Å². The van der Waals surface area contributed by atoms with Crippen molar-refractivity contribution in [3.05, 3.63) is 29.3 Å². The summed E-state index contributed by atoms with van der Waals surface area (Å²) in [7, 11) is 0. The second-order valence-electron chi connectivity index (χ2n) is 6.04. The number of nitrogens with zero attached hydrogens (tertiary/aromatic N) is 1. The Kier molecular flexibility index (Phi) is 4.47. The monoisotopic (exact) mass is 342 g/mol. The molecule has 3 rings (SSSR count). The number of hydrogen-bond donors (Lipinski definition) is 1. The van der Waals surface area contributed by atoms with E-state index in [0.29, 0.717) is 19.4 Å². The highest BCUT2D eigenvalue weighted by Gasteiger charge is 2.41. The van der Waals surface area contributed by atoms with Gasteiger partial charge in [-0.3, -0.25) is 0 Å². The minimum Gasteiger partial charge on any atom is -0.382 e. The summed E-state index contributed by atoms with van der Waals surface area (Å²) in [6, 6.07) is 5.29. The molecule has 0 aromatic heterocycles. The third-order valence-corrected chi connectivity index (χ3v) is 5.60. The van der Waals surface area contributed by atoms with Crippen molar-refractivity contribution in [3.8, 4) is 6.07 Å². The second-order valence-corrected chi connectivity index (χ2v) is 7.14. The first-order chi connectivity index (χ1) is 10.9. The van der Waals surface area contributed by atoms with Gasteiger partial charge >= 0.3 is 6.18 Å². The van der Waals surface area contributed by atoms with Crippen molar-refractivity contribution < 1.29 is 17.9 Å². The Bertz CT molecular complexity index is 621. The normalized spacial score (nSPS) is 27.8. The maximum absolute atomic E-state index is 13.2. The molecular weight excluding hydrogens is 325 g/mol. The predicted octanol–water partition coefficient (Wildman–Crippen LogP) is 4.04. The lowest BCUT2D eigenvalue weighted by molar-refractivity contribution is -0.137. The van der Waals surface area contributed by atoms with E-state index >= 15 is 0 Å². The van der Waals surface area contributed by atoms with Gasteiger partial charge in [-0.25, -0.2) is 0 Å². The number of anilines is 1. The van der Waals surface area contributed by atoms with Crippen molar-refractivity contribution in [1.82, 2.24) is 0 Å². The molecule has 2 heterocycles. The van der Waals surface area contributed by atoms with Crippen LogP contribution in [0.5, 0.6) is 0 Å². The zero-order valence-corrected chi connectivity index (χ0v) is 13.3. The number of rotatable bonds is 2. The molecule has 0 aliphatic carbocycles. The summed E-state index contributed by atoms with van der Waals surface area (Å²) in [5.74, 6) is 1.93. The van der Waals surface area contributed by atoms with Gasteiger partial charge in [-0.15, -0.1) is 0 Å². The Morgan fingerprint density at radius 1 is 1.39 bits per heavy atom. The fourth-order valence-electron chi connectivity index (χ4n) is 3.21. The smallest absolute Gasteiger partial charge is 0.382 e. The Balaban J connectivity index is 1.82. The van der Waals surface area contributed by atoms with Gasteiger partial charge in [-0.2, -0.15) is 30.2 Å². The van der Waals surface area contributed by atoms with Crippen molar-refractivity contribution in [2.24, 2.45) is 0 Å². The summed E-state index contributed by atoms with van der Waals surface area (Å²) in [5.41, 5.74) is -0.716. The number of hydrogen-bond acceptors (Lipinski definition) is 4. The van der Waals surface area contributed by atoms with E-state index in [4.69, 9.17) is 10.00 Å². The van der Waals surface area contributed by atoms with Gasteiger partial charge in [0.15, 0.2) is 0 Å². The van der Waals surface area contributed by atoms with E-state index in [1.165, 1.54) is 12.1 Å². The predicted molar refractivity (Wildman–Crippen MR) is 83.4 cm³/mol. The molecule has 3 nitrogen and oxygen atoms in total. The number of benzene rings is 1. The van der Waals surface area contributed by atoms with E-state index < -0.39 is 11.7 Å². The van der Waals surface area contributed by atoms with Crippen LogP contribution in [0, 0.1) is 11.3 Å². The molecule has 0 radical (unpaired) electrons. The molecule has 0 bridgehead atoms. The van der Waals surface area contributed by atoms with Gasteiger partial charge in [0.05, 0.1) is 22.8 Å². The maximum atomic E-state index is 13.2. The summed E-state index contributed by atoms with van der Waals surface area (Å²) < 4.78 is 45.4. The van der Waals surface area contributed by atoms with E-state index in [1.807, 2.05) is 17.8 Å². The summed E-state index contributed by atoms with van der Waals surface area (Å²) in [5, 5.41) is 12.0. The molecule has 124 valence electrons. The van der Waals surface area contributed by atoms with Gasteiger partial charge in [-0.05, 0) is 43.2 Å². The highest BCUT2D eigenvalue weighted by Crippen LogP contribution is 2.40. The van der Waals surface area contributed by atoms with Crippen molar-refractivity contribution in [1.29, 1.82) is 5.26 Å². The number of halogens is 3. The largest absolute Gasteiger partial charge is 0.418 e. The van der Waals surface area contributed by atoms with E-state index in [9.17, 15) is 13.2 Å². The van der Waals surface area contributed by atoms with Crippen molar-refractivity contribution in [3.63, 3.8) is 0 Å². The number of alkyl halides is 3. The van der Waals surface area contributed by atoms with E-state index in [0.717, 1.165) is 24.0 Å². The molecule has 2 atom stereocenters. The summed E-state index contributed by atoms with van der Waals surface area (Å²) in [6.45, 7) is 0.553. The van der Waals surface area contributed by atoms with Crippen LogP contribution in [0.3, 0.4) is 0 Å². The first-order valence-corrected chi connectivity index (χ1v) is 8.67. The molecule has 1 aromatic carbocycles. The molecule has 1 spiro atoms. The lowest BCUT2D eigenvalue weighted by Crippen LogP contribution is -2.44. The van der Waals surface area contributed by atoms with Crippen LogP contribution in [0.15, 0.2) is 18.2 Å². The Morgan fingerprint density at radius 2 is 2.22 bits per heavy atom. The molecule has 0 unspecified atom stereocenters. The molecule has 2 aliphatic rings. The standard InChI is InChI=1S/C16H17F3N2OS/c17-16(18,19)13-2-1-11(9-20)7-14(13)21-12-3-5-22-15(8-12)4-6-23-10-15/h1-2,7,12,21H,3-6,8,10H2/t12-,15-/m0/s1. The van der Waals surface area contributed by atoms with Gasteiger partial charge in [0.1, 0.15) is 0 Å². The van der Waals surface area contributed by atoms with Crippen LogP contribution in [-0.2, 0) is 10.9 Å².